The molecule has 1 aliphatic heterocycles. The lowest BCUT2D eigenvalue weighted by molar-refractivity contribution is 0.0464. The first-order valence-electron chi connectivity index (χ1n) is 8.07. The SMILES string of the molecule is C1=C2C3=C(CCCC3)O[C@@H](c3ccccc3)[C@@H]2CCC1. The molecule has 0 amide bonds. The summed E-state index contributed by atoms with van der Waals surface area (Å²) in [4.78, 5) is 0. The van der Waals surface area contributed by atoms with E-state index >= 15 is 0 Å². The number of rotatable bonds is 1. The second-order valence-corrected chi connectivity index (χ2v) is 6.25. The summed E-state index contributed by atoms with van der Waals surface area (Å²) in [6, 6.07) is 10.8. The Kier molecular flexibility index (Phi) is 3.14. The molecule has 0 saturated heterocycles. The lowest BCUT2D eigenvalue weighted by Gasteiger charge is -2.41. The summed E-state index contributed by atoms with van der Waals surface area (Å²) in [5, 5.41) is 0. The van der Waals surface area contributed by atoms with Crippen LogP contribution < -0.4 is 0 Å². The Morgan fingerprint density at radius 2 is 1.80 bits per heavy atom. The van der Waals surface area contributed by atoms with Gasteiger partial charge in [-0.3, -0.25) is 0 Å². The quantitative estimate of drug-likeness (QED) is 0.669. The molecule has 1 heteroatoms. The second kappa shape index (κ2) is 5.12. The van der Waals surface area contributed by atoms with Gasteiger partial charge < -0.3 is 4.74 Å². The molecule has 1 aromatic rings. The van der Waals surface area contributed by atoms with E-state index in [0.717, 1.165) is 6.42 Å². The van der Waals surface area contributed by atoms with Crippen molar-refractivity contribution in [3.8, 4) is 0 Å². The second-order valence-electron chi connectivity index (χ2n) is 6.25. The zero-order valence-corrected chi connectivity index (χ0v) is 12.0. The van der Waals surface area contributed by atoms with Crippen LogP contribution in [0.1, 0.15) is 56.6 Å². The fourth-order valence-corrected chi connectivity index (χ4v) is 4.06. The van der Waals surface area contributed by atoms with Crippen LogP contribution in [-0.4, -0.2) is 0 Å². The molecule has 2 aliphatic carbocycles. The number of ether oxygens (including phenoxy) is 1. The van der Waals surface area contributed by atoms with Crippen molar-refractivity contribution >= 4 is 0 Å². The van der Waals surface area contributed by atoms with Crippen LogP contribution in [0.2, 0.25) is 0 Å². The minimum atomic E-state index is 0.250. The highest BCUT2D eigenvalue weighted by molar-refractivity contribution is 5.42. The van der Waals surface area contributed by atoms with Crippen molar-refractivity contribution in [2.45, 2.75) is 51.0 Å². The van der Waals surface area contributed by atoms with Crippen molar-refractivity contribution in [2.24, 2.45) is 5.92 Å². The molecule has 1 nitrogen and oxygen atoms in total. The molecule has 3 aliphatic rings. The highest BCUT2D eigenvalue weighted by Gasteiger charge is 2.37. The van der Waals surface area contributed by atoms with Gasteiger partial charge in [-0.05, 0) is 55.2 Å². The average molecular weight is 266 g/mol. The van der Waals surface area contributed by atoms with Crippen LogP contribution in [0.3, 0.4) is 0 Å². The van der Waals surface area contributed by atoms with Crippen LogP contribution >= 0.6 is 0 Å². The lowest BCUT2D eigenvalue weighted by atomic mass is 9.73. The molecular weight excluding hydrogens is 244 g/mol. The lowest BCUT2D eigenvalue weighted by Crippen LogP contribution is -2.28. The Morgan fingerprint density at radius 3 is 2.70 bits per heavy atom. The molecule has 1 heterocycles. The van der Waals surface area contributed by atoms with E-state index < -0.39 is 0 Å². The standard InChI is InChI=1S/C19H22O/c1-2-8-14(9-3-1)19-17-12-5-4-10-15(17)16-11-6-7-13-18(16)20-19/h1-3,8-10,17,19H,4-7,11-13H2/t17-,19+/m1/s1. The molecule has 104 valence electrons. The van der Waals surface area contributed by atoms with Gasteiger partial charge >= 0.3 is 0 Å². The van der Waals surface area contributed by atoms with Gasteiger partial charge in [-0.2, -0.15) is 0 Å². The van der Waals surface area contributed by atoms with Gasteiger partial charge in [0, 0.05) is 12.3 Å². The molecule has 0 saturated carbocycles. The molecule has 4 rings (SSSR count). The van der Waals surface area contributed by atoms with E-state index in [1.807, 2.05) is 0 Å². The fourth-order valence-electron chi connectivity index (χ4n) is 4.06. The van der Waals surface area contributed by atoms with E-state index in [-0.39, 0.29) is 6.10 Å². The highest BCUT2D eigenvalue weighted by atomic mass is 16.5. The number of benzene rings is 1. The normalized spacial score (nSPS) is 29.1. The van der Waals surface area contributed by atoms with Gasteiger partial charge in [0.2, 0.25) is 0 Å². The van der Waals surface area contributed by atoms with Gasteiger partial charge in [-0.15, -0.1) is 0 Å². The van der Waals surface area contributed by atoms with E-state index in [1.165, 1.54) is 49.8 Å². The third-order valence-corrected chi connectivity index (χ3v) is 5.01. The number of fused-ring (bicyclic) bond motifs is 2. The molecule has 0 fully saturated rings. The van der Waals surface area contributed by atoms with Crippen LogP contribution in [0.4, 0.5) is 0 Å². The summed E-state index contributed by atoms with van der Waals surface area (Å²) >= 11 is 0. The molecule has 0 aromatic heterocycles. The number of hydrogen-bond donors (Lipinski definition) is 0. The van der Waals surface area contributed by atoms with Gasteiger partial charge in [0.1, 0.15) is 11.9 Å². The molecule has 1 aromatic carbocycles. The molecule has 0 radical (unpaired) electrons. The monoisotopic (exact) mass is 266 g/mol. The summed E-state index contributed by atoms with van der Waals surface area (Å²) in [6.45, 7) is 0. The third kappa shape index (κ3) is 2.00. The summed E-state index contributed by atoms with van der Waals surface area (Å²) < 4.78 is 6.48. The average Bonchev–Trinajstić information content (AvgIpc) is 2.55. The Hall–Kier alpha value is -1.50. The van der Waals surface area contributed by atoms with Crippen molar-refractivity contribution in [3.63, 3.8) is 0 Å². The maximum absolute atomic E-state index is 6.48. The smallest absolute Gasteiger partial charge is 0.130 e. The highest BCUT2D eigenvalue weighted by Crippen LogP contribution is 2.49. The zero-order valence-electron chi connectivity index (χ0n) is 12.0. The van der Waals surface area contributed by atoms with Crippen LogP contribution in [-0.2, 0) is 4.74 Å². The first kappa shape index (κ1) is 12.3. The fraction of sp³-hybridized carbons (Fsp3) is 0.474. The Labute approximate surface area is 121 Å². The number of hydrogen-bond acceptors (Lipinski definition) is 1. The van der Waals surface area contributed by atoms with E-state index in [1.54, 1.807) is 11.1 Å². The summed E-state index contributed by atoms with van der Waals surface area (Å²) in [5.41, 5.74) is 4.54. The van der Waals surface area contributed by atoms with E-state index in [0.29, 0.717) is 5.92 Å². The Balaban J connectivity index is 1.77. The van der Waals surface area contributed by atoms with Crippen molar-refractivity contribution in [1.82, 2.24) is 0 Å². The Morgan fingerprint density at radius 1 is 0.950 bits per heavy atom. The van der Waals surface area contributed by atoms with Gasteiger partial charge in [-0.25, -0.2) is 0 Å². The first-order chi connectivity index (χ1) is 9.93. The van der Waals surface area contributed by atoms with Gasteiger partial charge in [0.25, 0.3) is 0 Å². The molecule has 20 heavy (non-hydrogen) atoms. The van der Waals surface area contributed by atoms with Crippen LogP contribution in [0.25, 0.3) is 0 Å². The van der Waals surface area contributed by atoms with E-state index in [9.17, 15) is 0 Å². The predicted molar refractivity (Wildman–Crippen MR) is 81.2 cm³/mol. The Bertz CT molecular complexity index is 552. The molecule has 2 atom stereocenters. The summed E-state index contributed by atoms with van der Waals surface area (Å²) in [6.07, 6.45) is 11.6. The van der Waals surface area contributed by atoms with Crippen molar-refractivity contribution < 1.29 is 4.74 Å². The minimum absolute atomic E-state index is 0.250. The molecule has 0 bridgehead atoms. The van der Waals surface area contributed by atoms with Crippen LogP contribution in [0.5, 0.6) is 0 Å². The van der Waals surface area contributed by atoms with Crippen LogP contribution in [0.15, 0.2) is 53.3 Å². The van der Waals surface area contributed by atoms with Gasteiger partial charge in [0.05, 0.1) is 0 Å². The largest absolute Gasteiger partial charge is 0.489 e. The van der Waals surface area contributed by atoms with E-state index in [2.05, 4.69) is 36.4 Å². The predicted octanol–water partition coefficient (Wildman–Crippen LogP) is 5.31. The van der Waals surface area contributed by atoms with Gasteiger partial charge in [0.15, 0.2) is 0 Å². The third-order valence-electron chi connectivity index (χ3n) is 5.01. The van der Waals surface area contributed by atoms with Gasteiger partial charge in [-0.1, -0.05) is 36.4 Å². The van der Waals surface area contributed by atoms with E-state index in [4.69, 9.17) is 4.74 Å². The molecule has 0 N–H and O–H groups in total. The van der Waals surface area contributed by atoms with Crippen LogP contribution in [0, 0.1) is 5.92 Å². The van der Waals surface area contributed by atoms with Crippen molar-refractivity contribution in [2.75, 3.05) is 0 Å². The minimum Gasteiger partial charge on any atom is -0.489 e. The zero-order chi connectivity index (χ0) is 13.4. The number of allylic oxidation sites excluding steroid dienone is 3. The maximum Gasteiger partial charge on any atom is 0.130 e. The summed E-state index contributed by atoms with van der Waals surface area (Å²) in [7, 11) is 0. The maximum atomic E-state index is 6.48. The summed E-state index contributed by atoms with van der Waals surface area (Å²) in [5.74, 6) is 1.89. The molecule has 0 unspecified atom stereocenters. The topological polar surface area (TPSA) is 9.23 Å². The molecule has 0 spiro atoms. The molecular formula is C19H22O. The van der Waals surface area contributed by atoms with Crippen molar-refractivity contribution in [3.05, 3.63) is 58.9 Å². The van der Waals surface area contributed by atoms with Crippen molar-refractivity contribution in [1.29, 1.82) is 0 Å². The first-order valence-corrected chi connectivity index (χ1v) is 8.07.